The molecule has 1 rings (SSSR count). The van der Waals surface area contributed by atoms with Crippen molar-refractivity contribution in [2.24, 2.45) is 11.8 Å². The third-order valence-corrected chi connectivity index (χ3v) is 2.54. The minimum atomic E-state index is -1.05. The maximum absolute atomic E-state index is 11.1. The first-order valence-corrected chi connectivity index (χ1v) is 4.44. The maximum Gasteiger partial charge on any atom is 0.308 e. The van der Waals surface area contributed by atoms with Crippen LogP contribution in [0.5, 0.6) is 0 Å². The Balaban J connectivity index is 2.51. The van der Waals surface area contributed by atoms with Crippen molar-refractivity contribution in [3.05, 3.63) is 0 Å². The van der Waals surface area contributed by atoms with Gasteiger partial charge in [-0.25, -0.2) is 0 Å². The average molecular weight is 185 g/mol. The first kappa shape index (κ1) is 10.0. The highest BCUT2D eigenvalue weighted by Crippen LogP contribution is 2.29. The molecule has 1 fully saturated rings. The number of carbonyl (C=O) groups is 2. The van der Waals surface area contributed by atoms with E-state index in [9.17, 15) is 14.7 Å². The molecule has 4 nitrogen and oxygen atoms in total. The van der Waals surface area contributed by atoms with Crippen LogP contribution in [0.3, 0.4) is 0 Å². The summed E-state index contributed by atoms with van der Waals surface area (Å²) in [5, 5.41) is 10.5. The van der Waals surface area contributed by atoms with Gasteiger partial charge < -0.3 is 14.6 Å². The molecule has 0 aromatic heterocycles. The number of esters is 1. The van der Waals surface area contributed by atoms with Gasteiger partial charge in [0.1, 0.15) is 0 Å². The van der Waals surface area contributed by atoms with E-state index in [1.54, 1.807) is 0 Å². The van der Waals surface area contributed by atoms with E-state index in [0.29, 0.717) is 12.8 Å². The molecular weight excluding hydrogens is 172 g/mol. The number of methoxy groups -OCH3 is 1. The van der Waals surface area contributed by atoms with Gasteiger partial charge in [0, 0.05) is 5.97 Å². The first-order chi connectivity index (χ1) is 6.15. The fraction of sp³-hybridized carbons (Fsp3) is 0.778. The van der Waals surface area contributed by atoms with Crippen molar-refractivity contribution in [1.82, 2.24) is 0 Å². The molecule has 0 aromatic carbocycles. The molecule has 0 bridgehead atoms. The van der Waals surface area contributed by atoms with Gasteiger partial charge in [-0.1, -0.05) is 6.42 Å². The molecule has 2 unspecified atom stereocenters. The Morgan fingerprint density at radius 1 is 1.31 bits per heavy atom. The molecule has 4 heteroatoms. The lowest BCUT2D eigenvalue weighted by atomic mass is 9.81. The maximum atomic E-state index is 11.1. The predicted octanol–water partition coefficient (Wildman–Crippen LogP) is -0.284. The third-order valence-electron chi connectivity index (χ3n) is 2.54. The number of hydrogen-bond donors (Lipinski definition) is 0. The molecule has 1 aliphatic carbocycles. The summed E-state index contributed by atoms with van der Waals surface area (Å²) in [6.07, 6.45) is 2.49. The van der Waals surface area contributed by atoms with Crippen LogP contribution in [0, 0.1) is 11.8 Å². The van der Waals surface area contributed by atoms with Crippen molar-refractivity contribution in [1.29, 1.82) is 0 Å². The summed E-state index contributed by atoms with van der Waals surface area (Å²) in [7, 11) is 1.32. The number of hydrogen-bond acceptors (Lipinski definition) is 4. The van der Waals surface area contributed by atoms with Crippen molar-refractivity contribution >= 4 is 11.9 Å². The second kappa shape index (κ2) is 4.25. The molecule has 13 heavy (non-hydrogen) atoms. The molecule has 0 heterocycles. The zero-order valence-corrected chi connectivity index (χ0v) is 7.62. The second-order valence-electron chi connectivity index (χ2n) is 3.40. The number of carboxylic acids is 1. The summed E-state index contributed by atoms with van der Waals surface area (Å²) in [5.74, 6) is -2.07. The Morgan fingerprint density at radius 2 is 1.92 bits per heavy atom. The molecule has 0 radical (unpaired) electrons. The van der Waals surface area contributed by atoms with Gasteiger partial charge in [-0.05, 0) is 25.2 Å². The number of ether oxygens (including phenoxy) is 1. The smallest absolute Gasteiger partial charge is 0.308 e. The van der Waals surface area contributed by atoms with Gasteiger partial charge in [0.05, 0.1) is 13.0 Å². The Kier molecular flexibility index (Phi) is 3.28. The highest BCUT2D eigenvalue weighted by Gasteiger charge is 2.28. The molecule has 0 N–H and O–H groups in total. The summed E-state index contributed by atoms with van der Waals surface area (Å²) < 4.78 is 4.57. The van der Waals surface area contributed by atoms with Gasteiger partial charge in [0.2, 0.25) is 0 Å². The summed E-state index contributed by atoms with van der Waals surface area (Å²) in [5.41, 5.74) is 0. The van der Waals surface area contributed by atoms with E-state index in [4.69, 9.17) is 0 Å². The van der Waals surface area contributed by atoms with Gasteiger partial charge in [0.15, 0.2) is 0 Å². The Morgan fingerprint density at radius 3 is 2.46 bits per heavy atom. The highest BCUT2D eigenvalue weighted by molar-refractivity contribution is 5.74. The quantitative estimate of drug-likeness (QED) is 0.555. The largest absolute Gasteiger partial charge is 0.550 e. The van der Waals surface area contributed by atoms with Crippen LogP contribution in [0.15, 0.2) is 0 Å². The fourth-order valence-electron chi connectivity index (χ4n) is 1.78. The zero-order chi connectivity index (χ0) is 9.84. The van der Waals surface area contributed by atoms with Gasteiger partial charge >= 0.3 is 5.97 Å². The molecule has 2 atom stereocenters. The summed E-state index contributed by atoms with van der Waals surface area (Å²) in [6, 6.07) is 0. The van der Waals surface area contributed by atoms with Crippen molar-refractivity contribution in [2.45, 2.75) is 25.7 Å². The van der Waals surface area contributed by atoms with Crippen LogP contribution in [0.25, 0.3) is 0 Å². The van der Waals surface area contributed by atoms with E-state index in [2.05, 4.69) is 4.74 Å². The second-order valence-corrected chi connectivity index (χ2v) is 3.40. The molecule has 0 aliphatic heterocycles. The molecule has 0 spiro atoms. The van der Waals surface area contributed by atoms with E-state index in [1.165, 1.54) is 7.11 Å². The van der Waals surface area contributed by atoms with Gasteiger partial charge in [-0.15, -0.1) is 0 Å². The van der Waals surface area contributed by atoms with E-state index >= 15 is 0 Å². The van der Waals surface area contributed by atoms with Crippen LogP contribution in [0.2, 0.25) is 0 Å². The molecular formula is C9H13O4-. The lowest BCUT2D eigenvalue weighted by molar-refractivity contribution is -0.312. The molecule has 0 aromatic rings. The van der Waals surface area contributed by atoms with Crippen LogP contribution in [-0.2, 0) is 14.3 Å². The number of aliphatic carboxylic acids is 1. The van der Waals surface area contributed by atoms with Crippen molar-refractivity contribution in [3.8, 4) is 0 Å². The lowest BCUT2D eigenvalue weighted by Gasteiger charge is -2.27. The lowest BCUT2D eigenvalue weighted by Crippen LogP contribution is -2.36. The fourth-order valence-corrected chi connectivity index (χ4v) is 1.78. The number of rotatable bonds is 2. The first-order valence-electron chi connectivity index (χ1n) is 4.44. The van der Waals surface area contributed by atoms with E-state index in [-0.39, 0.29) is 11.9 Å². The van der Waals surface area contributed by atoms with Crippen molar-refractivity contribution in [3.63, 3.8) is 0 Å². The molecule has 0 amide bonds. The number of carboxylic acid groups (broad SMARTS) is 1. The summed E-state index contributed by atoms with van der Waals surface area (Å²) in [4.78, 5) is 21.6. The standard InChI is InChI=1S/C9H14O4/c1-13-9(12)7-4-2-3-6(5-7)8(10)11/h6-7H,2-5H2,1H3,(H,10,11)/p-1. The zero-order valence-electron chi connectivity index (χ0n) is 7.62. The van der Waals surface area contributed by atoms with E-state index in [0.717, 1.165) is 12.8 Å². The van der Waals surface area contributed by atoms with E-state index < -0.39 is 11.9 Å². The minimum Gasteiger partial charge on any atom is -0.550 e. The van der Waals surface area contributed by atoms with Crippen molar-refractivity contribution < 1.29 is 19.4 Å². The molecule has 0 saturated heterocycles. The van der Waals surface area contributed by atoms with Crippen LogP contribution >= 0.6 is 0 Å². The van der Waals surface area contributed by atoms with Crippen LogP contribution in [0.4, 0.5) is 0 Å². The average Bonchev–Trinajstić information content (AvgIpc) is 2.17. The minimum absolute atomic E-state index is 0.248. The molecule has 1 aliphatic rings. The molecule has 74 valence electrons. The van der Waals surface area contributed by atoms with Gasteiger partial charge in [-0.2, -0.15) is 0 Å². The Bertz CT molecular complexity index is 212. The van der Waals surface area contributed by atoms with Crippen LogP contribution in [0.1, 0.15) is 25.7 Å². The van der Waals surface area contributed by atoms with E-state index in [1.807, 2.05) is 0 Å². The van der Waals surface area contributed by atoms with Gasteiger partial charge in [0.25, 0.3) is 0 Å². The molecule has 1 saturated carbocycles. The topological polar surface area (TPSA) is 66.4 Å². The van der Waals surface area contributed by atoms with Crippen LogP contribution < -0.4 is 5.11 Å². The van der Waals surface area contributed by atoms with Crippen LogP contribution in [-0.4, -0.2) is 19.0 Å². The van der Waals surface area contributed by atoms with Gasteiger partial charge in [-0.3, -0.25) is 4.79 Å². The third kappa shape index (κ3) is 2.44. The van der Waals surface area contributed by atoms with Crippen molar-refractivity contribution in [2.75, 3.05) is 7.11 Å². The summed E-state index contributed by atoms with van der Waals surface area (Å²) >= 11 is 0. The monoisotopic (exact) mass is 185 g/mol. The number of carbonyl (C=O) groups excluding carboxylic acids is 2. The normalized spacial score (nSPS) is 28.1. The Hall–Kier alpha value is -1.06. The predicted molar refractivity (Wildman–Crippen MR) is 42.5 cm³/mol. The summed E-state index contributed by atoms with van der Waals surface area (Å²) in [6.45, 7) is 0. The SMILES string of the molecule is COC(=O)C1CCCC(C(=O)[O-])C1. The highest BCUT2D eigenvalue weighted by atomic mass is 16.5. The Labute approximate surface area is 76.9 Å².